The van der Waals surface area contributed by atoms with E-state index in [9.17, 15) is 4.79 Å². The summed E-state index contributed by atoms with van der Waals surface area (Å²) in [5, 5.41) is 11.3. The van der Waals surface area contributed by atoms with Crippen molar-refractivity contribution in [1.29, 1.82) is 5.26 Å². The molecule has 0 saturated heterocycles. The summed E-state index contributed by atoms with van der Waals surface area (Å²) in [5.74, 6) is -0.726. The molecule has 0 bridgehead atoms. The molecular formula is C11H21N3O. The van der Waals surface area contributed by atoms with Crippen LogP contribution in [0.2, 0.25) is 0 Å². The van der Waals surface area contributed by atoms with E-state index in [1.165, 1.54) is 0 Å². The summed E-state index contributed by atoms with van der Waals surface area (Å²) in [4.78, 5) is 13.5. The fourth-order valence-corrected chi connectivity index (χ4v) is 1.29. The van der Waals surface area contributed by atoms with Crippen LogP contribution in [0.25, 0.3) is 0 Å². The molecule has 0 aromatic carbocycles. The van der Waals surface area contributed by atoms with Crippen molar-refractivity contribution in [3.05, 3.63) is 0 Å². The summed E-state index contributed by atoms with van der Waals surface area (Å²) in [6.07, 6.45) is 1.12. The Bertz CT molecular complexity index is 222. The minimum Gasteiger partial charge on any atom is -0.354 e. The molecule has 1 unspecified atom stereocenters. The van der Waals surface area contributed by atoms with Crippen LogP contribution in [0.3, 0.4) is 0 Å². The van der Waals surface area contributed by atoms with Gasteiger partial charge in [0.1, 0.15) is 5.92 Å². The molecule has 0 aliphatic carbocycles. The predicted octanol–water partition coefficient (Wildman–Crippen LogP) is 0.994. The molecule has 1 amide bonds. The summed E-state index contributed by atoms with van der Waals surface area (Å²) < 4.78 is 0. The number of carbonyl (C=O) groups excluding carboxylic acids is 1. The molecule has 0 fully saturated rings. The Kier molecular flexibility index (Phi) is 7.65. The van der Waals surface area contributed by atoms with E-state index in [1.54, 1.807) is 6.92 Å². The van der Waals surface area contributed by atoms with Gasteiger partial charge in [-0.15, -0.1) is 0 Å². The Morgan fingerprint density at radius 3 is 2.60 bits per heavy atom. The van der Waals surface area contributed by atoms with Gasteiger partial charge in [0.25, 0.3) is 0 Å². The van der Waals surface area contributed by atoms with Gasteiger partial charge in [-0.25, -0.2) is 0 Å². The van der Waals surface area contributed by atoms with E-state index >= 15 is 0 Å². The molecule has 4 heteroatoms. The van der Waals surface area contributed by atoms with E-state index in [-0.39, 0.29) is 5.91 Å². The van der Waals surface area contributed by atoms with Crippen molar-refractivity contribution in [2.75, 3.05) is 26.2 Å². The van der Waals surface area contributed by atoms with E-state index in [0.29, 0.717) is 6.54 Å². The topological polar surface area (TPSA) is 56.1 Å². The molecule has 0 aliphatic heterocycles. The molecule has 0 saturated carbocycles. The van der Waals surface area contributed by atoms with E-state index in [2.05, 4.69) is 24.1 Å². The highest BCUT2D eigenvalue weighted by molar-refractivity contribution is 5.80. The van der Waals surface area contributed by atoms with Gasteiger partial charge in [0, 0.05) is 13.1 Å². The molecule has 0 heterocycles. The monoisotopic (exact) mass is 211 g/mol. The van der Waals surface area contributed by atoms with Crippen LogP contribution in [0, 0.1) is 17.2 Å². The van der Waals surface area contributed by atoms with E-state index in [0.717, 1.165) is 26.1 Å². The maximum Gasteiger partial charge on any atom is 0.237 e. The largest absolute Gasteiger partial charge is 0.354 e. The second-order valence-corrected chi connectivity index (χ2v) is 3.58. The highest BCUT2D eigenvalue weighted by atomic mass is 16.1. The number of amides is 1. The van der Waals surface area contributed by atoms with Crippen molar-refractivity contribution in [2.24, 2.45) is 5.92 Å². The minimum atomic E-state index is -0.550. The number of nitrogens with one attached hydrogen (secondary N) is 1. The zero-order chi connectivity index (χ0) is 11.7. The molecule has 86 valence electrons. The third kappa shape index (κ3) is 6.08. The first-order valence-electron chi connectivity index (χ1n) is 5.55. The van der Waals surface area contributed by atoms with Crippen molar-refractivity contribution in [2.45, 2.75) is 27.2 Å². The maximum absolute atomic E-state index is 11.2. The molecule has 0 aliphatic rings. The van der Waals surface area contributed by atoms with E-state index in [1.807, 2.05) is 6.07 Å². The number of rotatable bonds is 7. The van der Waals surface area contributed by atoms with Gasteiger partial charge in [-0.3, -0.25) is 4.79 Å². The summed E-state index contributed by atoms with van der Waals surface area (Å²) in [5.41, 5.74) is 0. The SMILES string of the molecule is CCCN(CC)CCNC(=O)C(C)C#N. The van der Waals surface area contributed by atoms with Crippen LogP contribution in [-0.2, 0) is 4.79 Å². The third-order valence-electron chi connectivity index (χ3n) is 2.30. The molecule has 0 spiro atoms. The molecule has 0 aromatic rings. The Morgan fingerprint density at radius 1 is 1.47 bits per heavy atom. The van der Waals surface area contributed by atoms with Gasteiger partial charge in [0.2, 0.25) is 5.91 Å². The van der Waals surface area contributed by atoms with Crippen molar-refractivity contribution < 1.29 is 4.79 Å². The van der Waals surface area contributed by atoms with Crippen LogP contribution >= 0.6 is 0 Å². The van der Waals surface area contributed by atoms with Crippen LogP contribution in [0.4, 0.5) is 0 Å². The van der Waals surface area contributed by atoms with Crippen LogP contribution in [0.5, 0.6) is 0 Å². The third-order valence-corrected chi connectivity index (χ3v) is 2.30. The first-order chi connectivity index (χ1) is 7.15. The van der Waals surface area contributed by atoms with Gasteiger partial charge in [-0.05, 0) is 26.4 Å². The van der Waals surface area contributed by atoms with Crippen molar-refractivity contribution in [3.8, 4) is 6.07 Å². The Labute approximate surface area is 92.3 Å². The van der Waals surface area contributed by atoms with Crippen LogP contribution in [-0.4, -0.2) is 37.0 Å². The van der Waals surface area contributed by atoms with Gasteiger partial charge in [0.05, 0.1) is 6.07 Å². The van der Waals surface area contributed by atoms with Gasteiger partial charge in [-0.1, -0.05) is 13.8 Å². The molecule has 0 radical (unpaired) electrons. The average molecular weight is 211 g/mol. The molecule has 1 N–H and O–H groups in total. The maximum atomic E-state index is 11.2. The van der Waals surface area contributed by atoms with E-state index < -0.39 is 5.92 Å². The quantitative estimate of drug-likeness (QED) is 0.683. The molecular weight excluding hydrogens is 190 g/mol. The van der Waals surface area contributed by atoms with Gasteiger partial charge < -0.3 is 10.2 Å². The fraction of sp³-hybridized carbons (Fsp3) is 0.818. The minimum absolute atomic E-state index is 0.176. The zero-order valence-corrected chi connectivity index (χ0v) is 9.92. The van der Waals surface area contributed by atoms with Gasteiger partial charge >= 0.3 is 0 Å². The predicted molar refractivity (Wildman–Crippen MR) is 60.2 cm³/mol. The van der Waals surface area contributed by atoms with E-state index in [4.69, 9.17) is 5.26 Å². The Morgan fingerprint density at radius 2 is 2.13 bits per heavy atom. The average Bonchev–Trinajstić information content (AvgIpc) is 2.26. The van der Waals surface area contributed by atoms with Crippen molar-refractivity contribution in [3.63, 3.8) is 0 Å². The number of nitrogens with zero attached hydrogens (tertiary/aromatic N) is 2. The lowest BCUT2D eigenvalue weighted by Crippen LogP contribution is -2.37. The number of carbonyl (C=O) groups is 1. The first kappa shape index (κ1) is 13.9. The van der Waals surface area contributed by atoms with Crippen LogP contribution in [0.15, 0.2) is 0 Å². The molecule has 0 rings (SSSR count). The highest BCUT2D eigenvalue weighted by Crippen LogP contribution is 1.92. The number of hydrogen-bond donors (Lipinski definition) is 1. The zero-order valence-electron chi connectivity index (χ0n) is 9.92. The van der Waals surface area contributed by atoms with Crippen LogP contribution < -0.4 is 5.32 Å². The second kappa shape index (κ2) is 8.25. The standard InChI is InChI=1S/C11H21N3O/c1-4-7-14(5-2)8-6-13-11(15)10(3)9-12/h10H,4-8H2,1-3H3,(H,13,15). The van der Waals surface area contributed by atoms with Gasteiger partial charge in [0.15, 0.2) is 0 Å². The van der Waals surface area contributed by atoms with Crippen molar-refractivity contribution in [1.82, 2.24) is 10.2 Å². The molecule has 15 heavy (non-hydrogen) atoms. The van der Waals surface area contributed by atoms with Crippen molar-refractivity contribution >= 4 is 5.91 Å². The smallest absolute Gasteiger partial charge is 0.237 e. The Balaban J connectivity index is 3.68. The lowest BCUT2D eigenvalue weighted by Gasteiger charge is -2.19. The molecule has 1 atom stereocenters. The Hall–Kier alpha value is -1.08. The molecule has 4 nitrogen and oxygen atoms in total. The van der Waals surface area contributed by atoms with Crippen LogP contribution in [0.1, 0.15) is 27.2 Å². The summed E-state index contributed by atoms with van der Waals surface area (Å²) in [6.45, 7) is 9.39. The summed E-state index contributed by atoms with van der Waals surface area (Å²) >= 11 is 0. The number of nitriles is 1. The second-order valence-electron chi connectivity index (χ2n) is 3.58. The normalized spacial score (nSPS) is 12.2. The first-order valence-corrected chi connectivity index (χ1v) is 5.55. The number of likely N-dealkylation sites (N-methyl/N-ethyl adjacent to an activating group) is 1. The summed E-state index contributed by atoms with van der Waals surface area (Å²) in [7, 11) is 0. The highest BCUT2D eigenvalue weighted by Gasteiger charge is 2.10. The fourth-order valence-electron chi connectivity index (χ4n) is 1.29. The lowest BCUT2D eigenvalue weighted by molar-refractivity contribution is -0.122. The van der Waals surface area contributed by atoms with Gasteiger partial charge in [-0.2, -0.15) is 5.26 Å². The molecule has 0 aromatic heterocycles. The number of hydrogen-bond acceptors (Lipinski definition) is 3. The lowest BCUT2D eigenvalue weighted by atomic mass is 10.2. The summed E-state index contributed by atoms with van der Waals surface area (Å²) in [6, 6.07) is 1.92.